The van der Waals surface area contributed by atoms with Crippen LogP contribution in [0.3, 0.4) is 0 Å². The second-order valence-electron chi connectivity index (χ2n) is 7.97. The number of hydrogen-bond acceptors (Lipinski definition) is 4. The normalized spacial score (nSPS) is 16.5. The SMILES string of the molecule is Cc1nc2ccccc2c(=O)n1CCC(=O)N1CCC[C@H](COc2ccccc2F)C1. The largest absolute Gasteiger partial charge is 0.490 e. The Kier molecular flexibility index (Phi) is 6.30. The minimum Gasteiger partial charge on any atom is -0.490 e. The van der Waals surface area contributed by atoms with E-state index in [1.54, 1.807) is 35.8 Å². The smallest absolute Gasteiger partial charge is 0.261 e. The molecule has 0 bridgehead atoms. The van der Waals surface area contributed by atoms with Crippen LogP contribution in [0.5, 0.6) is 5.75 Å². The van der Waals surface area contributed by atoms with Crippen LogP contribution in [0.15, 0.2) is 53.3 Å². The molecule has 0 aliphatic carbocycles. The lowest BCUT2D eigenvalue weighted by molar-refractivity contribution is -0.133. The Morgan fingerprint density at radius 3 is 2.81 bits per heavy atom. The van der Waals surface area contributed by atoms with E-state index in [4.69, 9.17) is 4.74 Å². The molecular weight excluding hydrogens is 397 g/mol. The predicted molar refractivity (Wildman–Crippen MR) is 117 cm³/mol. The lowest BCUT2D eigenvalue weighted by Crippen LogP contribution is -2.42. The van der Waals surface area contributed by atoms with E-state index in [0.717, 1.165) is 12.8 Å². The number of amides is 1. The fourth-order valence-electron chi connectivity index (χ4n) is 4.10. The first-order valence-electron chi connectivity index (χ1n) is 10.6. The van der Waals surface area contributed by atoms with Gasteiger partial charge in [0.05, 0.1) is 17.5 Å². The van der Waals surface area contributed by atoms with Crippen molar-refractivity contribution in [3.05, 3.63) is 70.5 Å². The van der Waals surface area contributed by atoms with E-state index >= 15 is 0 Å². The number of ether oxygens (including phenoxy) is 1. The zero-order chi connectivity index (χ0) is 21.8. The van der Waals surface area contributed by atoms with E-state index in [2.05, 4.69) is 4.98 Å². The van der Waals surface area contributed by atoms with Gasteiger partial charge in [-0.25, -0.2) is 9.37 Å². The summed E-state index contributed by atoms with van der Waals surface area (Å²) in [5, 5.41) is 0.559. The molecule has 0 radical (unpaired) electrons. The molecule has 4 rings (SSSR count). The quantitative estimate of drug-likeness (QED) is 0.608. The van der Waals surface area contributed by atoms with E-state index in [1.165, 1.54) is 6.07 Å². The topological polar surface area (TPSA) is 64.4 Å². The van der Waals surface area contributed by atoms with Crippen molar-refractivity contribution in [3.8, 4) is 5.75 Å². The Morgan fingerprint density at radius 1 is 1.19 bits per heavy atom. The van der Waals surface area contributed by atoms with Crippen molar-refractivity contribution in [2.24, 2.45) is 5.92 Å². The molecule has 1 amide bonds. The molecule has 2 heterocycles. The molecule has 0 unspecified atom stereocenters. The summed E-state index contributed by atoms with van der Waals surface area (Å²) in [4.78, 5) is 31.9. The Balaban J connectivity index is 1.36. The molecule has 31 heavy (non-hydrogen) atoms. The monoisotopic (exact) mass is 423 g/mol. The maximum atomic E-state index is 13.8. The van der Waals surface area contributed by atoms with Crippen LogP contribution in [0.1, 0.15) is 25.1 Å². The van der Waals surface area contributed by atoms with Gasteiger partial charge in [0.2, 0.25) is 5.91 Å². The third-order valence-corrected chi connectivity index (χ3v) is 5.78. The summed E-state index contributed by atoms with van der Waals surface area (Å²) < 4.78 is 21.0. The fourth-order valence-corrected chi connectivity index (χ4v) is 4.10. The molecule has 6 nitrogen and oxygen atoms in total. The van der Waals surface area contributed by atoms with E-state index in [-0.39, 0.29) is 35.4 Å². The molecular formula is C24H26FN3O3. The first kappa shape index (κ1) is 21.0. The maximum Gasteiger partial charge on any atom is 0.261 e. The van der Waals surface area contributed by atoms with Gasteiger partial charge in [-0.2, -0.15) is 0 Å². The average molecular weight is 423 g/mol. The molecule has 1 saturated heterocycles. The van der Waals surface area contributed by atoms with Gasteiger partial charge in [0.1, 0.15) is 5.82 Å². The van der Waals surface area contributed by atoms with E-state index in [1.807, 2.05) is 23.1 Å². The highest BCUT2D eigenvalue weighted by molar-refractivity contribution is 5.78. The average Bonchev–Trinajstić information content (AvgIpc) is 2.78. The first-order valence-corrected chi connectivity index (χ1v) is 10.6. The highest BCUT2D eigenvalue weighted by Gasteiger charge is 2.24. The van der Waals surface area contributed by atoms with Gasteiger partial charge < -0.3 is 9.64 Å². The van der Waals surface area contributed by atoms with Gasteiger partial charge in [0, 0.05) is 32.0 Å². The van der Waals surface area contributed by atoms with Gasteiger partial charge in [-0.1, -0.05) is 24.3 Å². The van der Waals surface area contributed by atoms with Gasteiger partial charge in [-0.05, 0) is 44.0 Å². The van der Waals surface area contributed by atoms with Crippen molar-refractivity contribution in [1.82, 2.24) is 14.5 Å². The van der Waals surface area contributed by atoms with Crippen molar-refractivity contribution >= 4 is 16.8 Å². The van der Waals surface area contributed by atoms with Crippen LogP contribution < -0.4 is 10.3 Å². The number of benzene rings is 2. The zero-order valence-corrected chi connectivity index (χ0v) is 17.6. The molecule has 1 aliphatic rings. The van der Waals surface area contributed by atoms with Gasteiger partial charge >= 0.3 is 0 Å². The number of nitrogens with zero attached hydrogens (tertiary/aromatic N) is 3. The maximum absolute atomic E-state index is 13.8. The number of carbonyl (C=O) groups is 1. The minimum atomic E-state index is -0.379. The van der Waals surface area contributed by atoms with Crippen LogP contribution in [0.25, 0.3) is 10.9 Å². The van der Waals surface area contributed by atoms with E-state index < -0.39 is 0 Å². The highest BCUT2D eigenvalue weighted by Crippen LogP contribution is 2.21. The number of fused-ring (bicyclic) bond motifs is 1. The summed E-state index contributed by atoms with van der Waals surface area (Å²) >= 11 is 0. The summed E-state index contributed by atoms with van der Waals surface area (Å²) in [6, 6.07) is 13.6. The van der Waals surface area contributed by atoms with Gasteiger partial charge in [0.25, 0.3) is 5.56 Å². The summed E-state index contributed by atoms with van der Waals surface area (Å²) in [6.07, 6.45) is 2.06. The lowest BCUT2D eigenvalue weighted by Gasteiger charge is -2.33. The second kappa shape index (κ2) is 9.29. The van der Waals surface area contributed by atoms with Crippen LogP contribution >= 0.6 is 0 Å². The molecule has 1 aliphatic heterocycles. The number of halogens is 1. The van der Waals surface area contributed by atoms with E-state index in [0.29, 0.717) is 43.0 Å². The van der Waals surface area contributed by atoms with Crippen LogP contribution in [-0.2, 0) is 11.3 Å². The van der Waals surface area contributed by atoms with Gasteiger partial charge in [-0.15, -0.1) is 0 Å². The lowest BCUT2D eigenvalue weighted by atomic mass is 9.98. The Bertz CT molecular complexity index is 1140. The van der Waals surface area contributed by atoms with Gasteiger partial charge in [0.15, 0.2) is 11.6 Å². The van der Waals surface area contributed by atoms with Crippen molar-refractivity contribution in [3.63, 3.8) is 0 Å². The summed E-state index contributed by atoms with van der Waals surface area (Å²) in [5.41, 5.74) is 0.548. The Hall–Kier alpha value is -3.22. The van der Waals surface area contributed by atoms with E-state index in [9.17, 15) is 14.0 Å². The highest BCUT2D eigenvalue weighted by atomic mass is 19.1. The minimum absolute atomic E-state index is 0.00931. The van der Waals surface area contributed by atoms with Crippen LogP contribution in [-0.4, -0.2) is 40.1 Å². The fraction of sp³-hybridized carbons (Fsp3) is 0.375. The van der Waals surface area contributed by atoms with Crippen LogP contribution in [0.2, 0.25) is 0 Å². The molecule has 7 heteroatoms. The van der Waals surface area contributed by atoms with Crippen LogP contribution in [0, 0.1) is 18.7 Å². The molecule has 162 valence electrons. The first-order chi connectivity index (χ1) is 15.0. The molecule has 0 spiro atoms. The number of aromatic nitrogens is 2. The van der Waals surface area contributed by atoms with Gasteiger partial charge in [-0.3, -0.25) is 14.2 Å². The predicted octanol–water partition coefficient (Wildman–Crippen LogP) is 3.55. The molecule has 1 fully saturated rings. The Morgan fingerprint density at radius 2 is 1.97 bits per heavy atom. The van der Waals surface area contributed by atoms with Crippen molar-refractivity contribution in [2.45, 2.75) is 32.7 Å². The molecule has 0 saturated carbocycles. The zero-order valence-electron chi connectivity index (χ0n) is 17.6. The van der Waals surface area contributed by atoms with Crippen molar-refractivity contribution in [2.75, 3.05) is 19.7 Å². The molecule has 0 N–H and O–H groups in total. The summed E-state index contributed by atoms with van der Waals surface area (Å²) in [5.74, 6) is 0.631. The number of aryl methyl sites for hydroxylation is 1. The van der Waals surface area contributed by atoms with Crippen molar-refractivity contribution in [1.29, 1.82) is 0 Å². The molecule has 1 atom stereocenters. The standard InChI is InChI=1S/C24H26FN3O3/c1-17-26-21-10-4-2-8-19(21)24(30)28(17)14-12-23(29)27-13-6-7-18(15-27)16-31-22-11-5-3-9-20(22)25/h2-5,8-11,18H,6-7,12-16H2,1H3/t18-/m0/s1. The van der Waals surface area contributed by atoms with Crippen LogP contribution in [0.4, 0.5) is 4.39 Å². The third-order valence-electron chi connectivity index (χ3n) is 5.78. The number of para-hydroxylation sites is 2. The molecule has 1 aromatic heterocycles. The third kappa shape index (κ3) is 4.76. The number of piperidine rings is 1. The summed E-state index contributed by atoms with van der Waals surface area (Å²) in [7, 11) is 0. The number of hydrogen-bond donors (Lipinski definition) is 0. The number of rotatable bonds is 6. The molecule has 2 aromatic carbocycles. The number of likely N-dealkylation sites (tertiary alicyclic amines) is 1. The second-order valence-corrected chi connectivity index (χ2v) is 7.97. The number of carbonyl (C=O) groups excluding carboxylic acids is 1. The molecule has 3 aromatic rings. The van der Waals surface area contributed by atoms with Crippen molar-refractivity contribution < 1.29 is 13.9 Å². The Labute approximate surface area is 180 Å². The summed E-state index contributed by atoms with van der Waals surface area (Å²) in [6.45, 7) is 3.73.